The number of carbonyl (C=O) groups excluding carboxylic acids is 1. The van der Waals surface area contributed by atoms with Crippen molar-refractivity contribution in [1.29, 1.82) is 0 Å². The van der Waals surface area contributed by atoms with Crippen LogP contribution < -0.4 is 5.32 Å². The summed E-state index contributed by atoms with van der Waals surface area (Å²) in [7, 11) is 0. The largest absolute Gasteiger partial charge is 0.396 e. The summed E-state index contributed by atoms with van der Waals surface area (Å²) in [5, 5.41) is 12.2. The summed E-state index contributed by atoms with van der Waals surface area (Å²) in [5.74, 6) is 0. The maximum absolute atomic E-state index is 12.3. The van der Waals surface area contributed by atoms with Crippen molar-refractivity contribution >= 4 is 6.03 Å². The summed E-state index contributed by atoms with van der Waals surface area (Å²) < 4.78 is 0. The number of aliphatic hydroxyl groups is 1. The average molecular weight is 283 g/mol. The van der Waals surface area contributed by atoms with Crippen molar-refractivity contribution in [3.05, 3.63) is 0 Å². The van der Waals surface area contributed by atoms with Crippen LogP contribution in [0.5, 0.6) is 0 Å². The molecule has 1 aliphatic carbocycles. The molecule has 0 bridgehead atoms. The SMILES string of the molecule is CCN(CCNC(=O)N1CCCCC1CCO)C1CC1. The van der Waals surface area contributed by atoms with Gasteiger partial charge in [-0.3, -0.25) is 4.90 Å². The third-order valence-corrected chi connectivity index (χ3v) is 4.50. The third-order valence-electron chi connectivity index (χ3n) is 4.50. The van der Waals surface area contributed by atoms with E-state index in [0.29, 0.717) is 6.42 Å². The summed E-state index contributed by atoms with van der Waals surface area (Å²) in [4.78, 5) is 16.6. The van der Waals surface area contributed by atoms with E-state index in [4.69, 9.17) is 5.11 Å². The summed E-state index contributed by atoms with van der Waals surface area (Å²) >= 11 is 0. The van der Waals surface area contributed by atoms with Crippen LogP contribution >= 0.6 is 0 Å². The second-order valence-electron chi connectivity index (χ2n) is 5.95. The lowest BCUT2D eigenvalue weighted by atomic mass is 10.0. The van der Waals surface area contributed by atoms with Gasteiger partial charge < -0.3 is 15.3 Å². The van der Waals surface area contributed by atoms with Crippen LogP contribution in [0.3, 0.4) is 0 Å². The molecule has 5 heteroatoms. The molecule has 2 N–H and O–H groups in total. The van der Waals surface area contributed by atoms with E-state index in [1.807, 2.05) is 4.90 Å². The Kier molecular flexibility index (Phi) is 6.10. The van der Waals surface area contributed by atoms with E-state index in [0.717, 1.165) is 45.1 Å². The highest BCUT2D eigenvalue weighted by molar-refractivity contribution is 5.74. The number of aliphatic hydroxyl groups excluding tert-OH is 1. The molecule has 5 nitrogen and oxygen atoms in total. The fourth-order valence-corrected chi connectivity index (χ4v) is 3.16. The van der Waals surface area contributed by atoms with Gasteiger partial charge in [-0.1, -0.05) is 6.92 Å². The Balaban J connectivity index is 1.71. The van der Waals surface area contributed by atoms with E-state index >= 15 is 0 Å². The van der Waals surface area contributed by atoms with Gasteiger partial charge in [0.2, 0.25) is 0 Å². The van der Waals surface area contributed by atoms with E-state index in [9.17, 15) is 4.79 Å². The van der Waals surface area contributed by atoms with Crippen LogP contribution in [0.4, 0.5) is 4.79 Å². The molecule has 1 atom stereocenters. The van der Waals surface area contributed by atoms with Gasteiger partial charge >= 0.3 is 6.03 Å². The minimum atomic E-state index is 0.0509. The van der Waals surface area contributed by atoms with Crippen molar-refractivity contribution in [2.45, 2.75) is 57.5 Å². The number of rotatable bonds is 7. The molecule has 2 aliphatic rings. The summed E-state index contributed by atoms with van der Waals surface area (Å²) in [6.45, 7) is 5.92. The van der Waals surface area contributed by atoms with E-state index < -0.39 is 0 Å². The quantitative estimate of drug-likeness (QED) is 0.743. The van der Waals surface area contributed by atoms with Crippen molar-refractivity contribution < 1.29 is 9.90 Å². The molecule has 1 saturated carbocycles. The standard InChI is InChI=1S/C15H29N3O2/c1-2-17(13-6-7-13)11-9-16-15(20)18-10-4-3-5-14(18)8-12-19/h13-14,19H,2-12H2,1H3,(H,16,20). The minimum Gasteiger partial charge on any atom is -0.396 e. The van der Waals surface area contributed by atoms with Gasteiger partial charge in [-0.2, -0.15) is 0 Å². The topological polar surface area (TPSA) is 55.8 Å². The zero-order valence-corrected chi connectivity index (χ0v) is 12.7. The average Bonchev–Trinajstić information content (AvgIpc) is 3.29. The van der Waals surface area contributed by atoms with Gasteiger partial charge in [0.05, 0.1) is 0 Å². The number of nitrogens with one attached hydrogen (secondary N) is 1. The van der Waals surface area contributed by atoms with Crippen LogP contribution in [0.25, 0.3) is 0 Å². The predicted octanol–water partition coefficient (Wildman–Crippen LogP) is 1.42. The first-order valence-corrected chi connectivity index (χ1v) is 8.15. The van der Waals surface area contributed by atoms with Crippen LogP contribution in [0.2, 0.25) is 0 Å². The van der Waals surface area contributed by atoms with E-state index in [1.54, 1.807) is 0 Å². The molecular formula is C15H29N3O2. The number of hydrogen-bond donors (Lipinski definition) is 2. The molecule has 20 heavy (non-hydrogen) atoms. The second kappa shape index (κ2) is 7.84. The van der Waals surface area contributed by atoms with Crippen LogP contribution in [0, 0.1) is 0 Å². The van der Waals surface area contributed by atoms with Gasteiger partial charge in [-0.15, -0.1) is 0 Å². The number of likely N-dealkylation sites (tertiary alicyclic amines) is 1. The molecule has 2 rings (SSSR count). The van der Waals surface area contributed by atoms with Crippen molar-refractivity contribution in [1.82, 2.24) is 15.1 Å². The van der Waals surface area contributed by atoms with Gasteiger partial charge in [0.1, 0.15) is 0 Å². The molecule has 0 aromatic carbocycles. The fourth-order valence-electron chi connectivity index (χ4n) is 3.16. The number of nitrogens with zero attached hydrogens (tertiary/aromatic N) is 2. The molecule has 1 saturated heterocycles. The summed E-state index contributed by atoms with van der Waals surface area (Å²) in [6, 6.07) is 1.03. The molecule has 0 aromatic rings. The van der Waals surface area contributed by atoms with Gasteiger partial charge in [-0.25, -0.2) is 4.79 Å². The Labute approximate surface area is 122 Å². The predicted molar refractivity (Wildman–Crippen MR) is 79.7 cm³/mol. The Morgan fingerprint density at radius 1 is 1.35 bits per heavy atom. The molecule has 1 aliphatic heterocycles. The highest BCUT2D eigenvalue weighted by Gasteiger charge is 2.28. The minimum absolute atomic E-state index is 0.0509. The molecule has 1 unspecified atom stereocenters. The van der Waals surface area contributed by atoms with Crippen molar-refractivity contribution in [2.24, 2.45) is 0 Å². The van der Waals surface area contributed by atoms with Crippen LogP contribution in [0.1, 0.15) is 45.4 Å². The Morgan fingerprint density at radius 3 is 2.80 bits per heavy atom. The molecule has 1 heterocycles. The highest BCUT2D eigenvalue weighted by Crippen LogP contribution is 2.25. The monoisotopic (exact) mass is 283 g/mol. The van der Waals surface area contributed by atoms with Gasteiger partial charge in [0.25, 0.3) is 0 Å². The molecule has 0 spiro atoms. The Morgan fingerprint density at radius 2 is 2.15 bits per heavy atom. The first-order chi connectivity index (χ1) is 9.76. The molecule has 2 fully saturated rings. The number of likely N-dealkylation sites (N-methyl/N-ethyl adjacent to an activating group) is 1. The molecule has 0 radical (unpaired) electrons. The maximum Gasteiger partial charge on any atom is 0.317 e. The molecule has 0 aromatic heterocycles. The summed E-state index contributed by atoms with van der Waals surface area (Å²) in [6.07, 6.45) is 6.60. The second-order valence-corrected chi connectivity index (χ2v) is 5.95. The zero-order chi connectivity index (χ0) is 14.4. The molecule has 116 valence electrons. The van der Waals surface area contributed by atoms with E-state index in [1.165, 1.54) is 19.3 Å². The van der Waals surface area contributed by atoms with Crippen LogP contribution in [-0.2, 0) is 0 Å². The number of carbonyl (C=O) groups is 1. The number of amides is 2. The first-order valence-electron chi connectivity index (χ1n) is 8.15. The lowest BCUT2D eigenvalue weighted by Gasteiger charge is -2.35. The Bertz CT molecular complexity index is 305. The number of urea groups is 1. The van der Waals surface area contributed by atoms with Gasteiger partial charge in [-0.05, 0) is 45.1 Å². The smallest absolute Gasteiger partial charge is 0.317 e. The molecular weight excluding hydrogens is 254 g/mol. The Hall–Kier alpha value is -0.810. The van der Waals surface area contributed by atoms with Gasteiger partial charge in [0.15, 0.2) is 0 Å². The number of piperidine rings is 1. The van der Waals surface area contributed by atoms with Crippen molar-refractivity contribution in [3.63, 3.8) is 0 Å². The lowest BCUT2D eigenvalue weighted by molar-refractivity contribution is 0.131. The summed E-state index contributed by atoms with van der Waals surface area (Å²) in [5.41, 5.74) is 0. The number of hydrogen-bond acceptors (Lipinski definition) is 3. The molecule has 2 amide bonds. The van der Waals surface area contributed by atoms with E-state index in [2.05, 4.69) is 17.1 Å². The normalized spacial score (nSPS) is 23.1. The zero-order valence-electron chi connectivity index (χ0n) is 12.7. The highest BCUT2D eigenvalue weighted by atomic mass is 16.3. The van der Waals surface area contributed by atoms with Crippen LogP contribution in [-0.4, -0.2) is 65.8 Å². The maximum atomic E-state index is 12.3. The fraction of sp³-hybridized carbons (Fsp3) is 0.933. The van der Waals surface area contributed by atoms with Crippen LogP contribution in [0.15, 0.2) is 0 Å². The first kappa shape index (κ1) is 15.6. The van der Waals surface area contributed by atoms with E-state index in [-0.39, 0.29) is 18.7 Å². The van der Waals surface area contributed by atoms with Crippen molar-refractivity contribution in [3.8, 4) is 0 Å². The van der Waals surface area contributed by atoms with Crippen molar-refractivity contribution in [2.75, 3.05) is 32.8 Å². The lowest BCUT2D eigenvalue weighted by Crippen LogP contribution is -2.50. The van der Waals surface area contributed by atoms with Gasteiger partial charge in [0, 0.05) is 38.3 Å². The third kappa shape index (κ3) is 4.35.